The average molecular weight is 234 g/mol. The van der Waals surface area contributed by atoms with Crippen LogP contribution >= 0.6 is 0 Å². The van der Waals surface area contributed by atoms with Crippen molar-refractivity contribution in [2.75, 3.05) is 0 Å². The molecular weight excluding hydrogens is 220 g/mol. The Morgan fingerprint density at radius 3 is 2.78 bits per heavy atom. The molecule has 0 aromatic carbocycles. The molecule has 0 amide bonds. The maximum absolute atomic E-state index is 4.60. The molecule has 0 atom stereocenters. The summed E-state index contributed by atoms with van der Waals surface area (Å²) < 4.78 is 2.33. The van der Waals surface area contributed by atoms with Crippen molar-refractivity contribution in [3.05, 3.63) is 59.9 Å². The second-order valence-electron chi connectivity index (χ2n) is 5.41. The van der Waals surface area contributed by atoms with Crippen molar-refractivity contribution in [3.8, 4) is 11.4 Å². The molecule has 2 nitrogen and oxygen atoms in total. The van der Waals surface area contributed by atoms with Gasteiger partial charge in [-0.3, -0.25) is 4.98 Å². The lowest BCUT2D eigenvalue weighted by Gasteiger charge is -2.32. The molecule has 0 unspecified atom stereocenters. The first-order chi connectivity index (χ1) is 8.69. The summed E-state index contributed by atoms with van der Waals surface area (Å²) in [5.74, 6) is 0. The minimum absolute atomic E-state index is 0.00433. The number of fused-ring (bicyclic) bond motifs is 2. The van der Waals surface area contributed by atoms with Gasteiger partial charge in [0.1, 0.15) is 0 Å². The van der Waals surface area contributed by atoms with Crippen LogP contribution in [0.4, 0.5) is 0 Å². The van der Waals surface area contributed by atoms with Crippen molar-refractivity contribution >= 4 is 5.52 Å². The van der Waals surface area contributed by atoms with Crippen molar-refractivity contribution in [1.29, 1.82) is 0 Å². The monoisotopic (exact) mass is 234 g/mol. The van der Waals surface area contributed by atoms with E-state index in [1.54, 1.807) is 0 Å². The molecule has 0 spiro atoms. The highest BCUT2D eigenvalue weighted by Crippen LogP contribution is 2.42. The van der Waals surface area contributed by atoms with E-state index in [9.17, 15) is 0 Å². The van der Waals surface area contributed by atoms with E-state index in [-0.39, 0.29) is 5.41 Å². The van der Waals surface area contributed by atoms with Crippen LogP contribution in [0.25, 0.3) is 16.9 Å². The fourth-order valence-electron chi connectivity index (χ4n) is 3.09. The Bertz CT molecular complexity index is 766. The van der Waals surface area contributed by atoms with Crippen LogP contribution in [-0.4, -0.2) is 9.38 Å². The minimum Gasteiger partial charge on any atom is -0.311 e. The summed E-state index contributed by atoms with van der Waals surface area (Å²) in [4.78, 5) is 4.60. The van der Waals surface area contributed by atoms with Gasteiger partial charge in [0.15, 0.2) is 0 Å². The zero-order chi connectivity index (χ0) is 12.3. The highest BCUT2D eigenvalue weighted by molar-refractivity contribution is 5.72. The van der Waals surface area contributed by atoms with Crippen molar-refractivity contribution in [3.63, 3.8) is 0 Å². The smallest absolute Gasteiger partial charge is 0.0911 e. The molecule has 0 N–H and O–H groups in total. The Labute approximate surface area is 106 Å². The Kier molecular flexibility index (Phi) is 1.66. The van der Waals surface area contributed by atoms with Gasteiger partial charge >= 0.3 is 0 Å². The van der Waals surface area contributed by atoms with E-state index in [0.717, 1.165) is 5.69 Å². The third-order valence-corrected chi connectivity index (χ3v) is 4.04. The first-order valence-electron chi connectivity index (χ1n) is 6.26. The molecule has 3 aromatic rings. The van der Waals surface area contributed by atoms with E-state index >= 15 is 0 Å². The van der Waals surface area contributed by atoms with Crippen molar-refractivity contribution in [2.24, 2.45) is 0 Å². The van der Waals surface area contributed by atoms with E-state index in [2.05, 4.69) is 59.6 Å². The fourth-order valence-corrected chi connectivity index (χ4v) is 3.09. The molecule has 0 saturated carbocycles. The molecule has 0 aliphatic carbocycles. The fraction of sp³-hybridized carbons (Fsp3) is 0.188. The van der Waals surface area contributed by atoms with Crippen molar-refractivity contribution in [1.82, 2.24) is 9.38 Å². The molecule has 4 heterocycles. The molecule has 2 heteroatoms. The van der Waals surface area contributed by atoms with Gasteiger partial charge in [0, 0.05) is 22.8 Å². The van der Waals surface area contributed by atoms with E-state index in [1.807, 2.05) is 12.3 Å². The van der Waals surface area contributed by atoms with Gasteiger partial charge in [0.2, 0.25) is 0 Å². The van der Waals surface area contributed by atoms with Crippen LogP contribution in [0.2, 0.25) is 0 Å². The molecule has 88 valence electrons. The van der Waals surface area contributed by atoms with Crippen molar-refractivity contribution < 1.29 is 0 Å². The number of hydrogen-bond acceptors (Lipinski definition) is 1. The number of pyridine rings is 2. The summed E-state index contributed by atoms with van der Waals surface area (Å²) in [6.07, 6.45) is 1.88. The number of hydrogen-bond donors (Lipinski definition) is 0. The lowest BCUT2D eigenvalue weighted by molar-refractivity contribution is 0.599. The topological polar surface area (TPSA) is 17.3 Å². The normalized spacial score (nSPS) is 15.7. The highest BCUT2D eigenvalue weighted by Gasteiger charge is 2.34. The third kappa shape index (κ3) is 1.01. The van der Waals surface area contributed by atoms with E-state index in [0.29, 0.717) is 0 Å². The Hall–Kier alpha value is -2.09. The van der Waals surface area contributed by atoms with E-state index < -0.39 is 0 Å². The quantitative estimate of drug-likeness (QED) is 0.580. The predicted molar refractivity (Wildman–Crippen MR) is 72.8 cm³/mol. The molecule has 0 radical (unpaired) electrons. The van der Waals surface area contributed by atoms with E-state index in [4.69, 9.17) is 0 Å². The van der Waals surface area contributed by atoms with Gasteiger partial charge in [-0.2, -0.15) is 0 Å². The Morgan fingerprint density at radius 1 is 1.00 bits per heavy atom. The molecule has 3 aromatic heterocycles. The zero-order valence-electron chi connectivity index (χ0n) is 10.5. The SMILES string of the molecule is CC1(C)c2cccnc2-c2cccc3ccc1n23. The van der Waals surface area contributed by atoms with Crippen LogP contribution in [0.5, 0.6) is 0 Å². The van der Waals surface area contributed by atoms with Crippen LogP contribution in [-0.2, 0) is 5.41 Å². The molecule has 4 rings (SSSR count). The van der Waals surface area contributed by atoms with Gasteiger partial charge in [-0.1, -0.05) is 26.0 Å². The molecule has 0 bridgehead atoms. The van der Waals surface area contributed by atoms with Gasteiger partial charge in [-0.15, -0.1) is 0 Å². The molecule has 0 fully saturated rings. The lowest BCUT2D eigenvalue weighted by Crippen LogP contribution is -2.26. The minimum atomic E-state index is 0.00433. The summed E-state index contributed by atoms with van der Waals surface area (Å²) in [5, 5.41) is 0. The van der Waals surface area contributed by atoms with Gasteiger partial charge in [0.25, 0.3) is 0 Å². The average Bonchev–Trinajstić information content (AvgIpc) is 2.82. The summed E-state index contributed by atoms with van der Waals surface area (Å²) in [7, 11) is 0. The van der Waals surface area contributed by atoms with Crippen LogP contribution in [0.3, 0.4) is 0 Å². The second kappa shape index (κ2) is 3.02. The molecule has 1 aliphatic rings. The van der Waals surface area contributed by atoms with Gasteiger partial charge in [-0.05, 0) is 35.9 Å². The maximum atomic E-state index is 4.60. The molecule has 1 aliphatic heterocycles. The number of rotatable bonds is 0. The molecule has 0 saturated heterocycles. The highest BCUT2D eigenvalue weighted by atomic mass is 15.0. The first kappa shape index (κ1) is 9.89. The number of nitrogens with zero attached hydrogens (tertiary/aromatic N) is 2. The number of aromatic nitrogens is 2. The van der Waals surface area contributed by atoms with E-state index in [1.165, 1.54) is 22.5 Å². The second-order valence-corrected chi connectivity index (χ2v) is 5.41. The van der Waals surface area contributed by atoms with Gasteiger partial charge in [0.05, 0.1) is 11.4 Å². The maximum Gasteiger partial charge on any atom is 0.0911 e. The van der Waals surface area contributed by atoms with Gasteiger partial charge in [-0.25, -0.2) is 0 Å². The predicted octanol–water partition coefficient (Wildman–Crippen LogP) is 3.64. The lowest BCUT2D eigenvalue weighted by atomic mass is 9.78. The zero-order valence-corrected chi connectivity index (χ0v) is 10.5. The summed E-state index contributed by atoms with van der Waals surface area (Å²) in [6, 6.07) is 15.0. The van der Waals surface area contributed by atoms with Crippen LogP contribution in [0.15, 0.2) is 48.7 Å². The van der Waals surface area contributed by atoms with Crippen molar-refractivity contribution in [2.45, 2.75) is 19.3 Å². The van der Waals surface area contributed by atoms with Crippen LogP contribution in [0, 0.1) is 0 Å². The standard InChI is InChI=1S/C16H14N2/c1-16(2)12-6-4-10-17-15(12)13-7-3-5-11-8-9-14(16)18(11)13/h3-10H,1-2H3. The third-order valence-electron chi connectivity index (χ3n) is 4.04. The Balaban J connectivity index is 2.27. The Morgan fingerprint density at radius 2 is 1.89 bits per heavy atom. The largest absolute Gasteiger partial charge is 0.311 e. The first-order valence-corrected chi connectivity index (χ1v) is 6.26. The molecular formula is C16H14N2. The summed E-state index contributed by atoms with van der Waals surface area (Å²) >= 11 is 0. The molecule has 18 heavy (non-hydrogen) atoms. The summed E-state index contributed by atoms with van der Waals surface area (Å²) in [5.41, 5.74) is 6.20. The van der Waals surface area contributed by atoms with Gasteiger partial charge < -0.3 is 4.40 Å². The summed E-state index contributed by atoms with van der Waals surface area (Å²) in [6.45, 7) is 4.54. The van der Waals surface area contributed by atoms with Crippen LogP contribution < -0.4 is 0 Å². The van der Waals surface area contributed by atoms with Crippen LogP contribution in [0.1, 0.15) is 25.1 Å².